The van der Waals surface area contributed by atoms with Crippen LogP contribution in [0.3, 0.4) is 0 Å². The van der Waals surface area contributed by atoms with Crippen molar-refractivity contribution in [1.29, 1.82) is 0 Å². The van der Waals surface area contributed by atoms with Gasteiger partial charge in [0.05, 0.1) is 16.1 Å². The van der Waals surface area contributed by atoms with Crippen molar-refractivity contribution in [2.75, 3.05) is 11.6 Å². The highest BCUT2D eigenvalue weighted by Crippen LogP contribution is 2.22. The Hall–Kier alpha value is -2.38. The van der Waals surface area contributed by atoms with Gasteiger partial charge in [-0.25, -0.2) is 8.42 Å². The van der Waals surface area contributed by atoms with Crippen LogP contribution in [-0.4, -0.2) is 32.5 Å². The minimum atomic E-state index is -3.44. The molecule has 2 rings (SSSR count). The number of amides is 2. The summed E-state index contributed by atoms with van der Waals surface area (Å²) in [6.07, 6.45) is 1.06. The number of hydrogen-bond acceptors (Lipinski definition) is 4. The molecule has 0 saturated heterocycles. The molecular weight excluding hydrogens is 376 g/mol. The van der Waals surface area contributed by atoms with E-state index in [0.717, 1.165) is 6.26 Å². The summed E-state index contributed by atoms with van der Waals surface area (Å²) in [5.41, 5.74) is 0.657. The Morgan fingerprint density at radius 3 is 2.35 bits per heavy atom. The first-order valence-corrected chi connectivity index (χ1v) is 10.1. The van der Waals surface area contributed by atoms with Gasteiger partial charge in [0.1, 0.15) is 0 Å². The van der Waals surface area contributed by atoms with Gasteiger partial charge in [-0.15, -0.1) is 0 Å². The Balaban J connectivity index is 2.35. The number of hydrogen-bond donors (Lipinski definition) is 2. The largest absolute Gasteiger partial charge is 0.350 e. The standard InChI is InChI=1S/C18H19ClN2O4S/c1-11(2)20-18(23)15-8-7-13(19)10-16(15)21-17(22)12-5-4-6-14(9-12)26(3,24)25/h4-11H,1-3H3,(H,20,23)(H,21,22). The van der Waals surface area contributed by atoms with Crippen molar-refractivity contribution in [3.05, 3.63) is 58.6 Å². The Labute approximate surface area is 157 Å². The monoisotopic (exact) mass is 394 g/mol. The van der Waals surface area contributed by atoms with E-state index >= 15 is 0 Å². The number of sulfone groups is 1. The summed E-state index contributed by atoms with van der Waals surface area (Å²) in [6, 6.07) is 10.1. The van der Waals surface area contributed by atoms with Crippen molar-refractivity contribution >= 4 is 38.9 Å². The lowest BCUT2D eigenvalue weighted by molar-refractivity contribution is 0.0944. The maximum absolute atomic E-state index is 12.5. The van der Waals surface area contributed by atoms with E-state index in [1.165, 1.54) is 36.4 Å². The van der Waals surface area contributed by atoms with E-state index in [2.05, 4.69) is 10.6 Å². The summed E-state index contributed by atoms with van der Waals surface area (Å²) in [6.45, 7) is 3.64. The Kier molecular flexibility index (Phi) is 6.05. The van der Waals surface area contributed by atoms with Gasteiger partial charge in [0.15, 0.2) is 9.84 Å². The van der Waals surface area contributed by atoms with E-state index in [1.807, 2.05) is 13.8 Å². The molecule has 0 aliphatic heterocycles. The van der Waals surface area contributed by atoms with Crippen molar-refractivity contribution in [2.45, 2.75) is 24.8 Å². The van der Waals surface area contributed by atoms with Crippen LogP contribution >= 0.6 is 11.6 Å². The molecule has 0 aromatic heterocycles. The second kappa shape index (κ2) is 7.88. The lowest BCUT2D eigenvalue weighted by atomic mass is 10.1. The highest BCUT2D eigenvalue weighted by Gasteiger charge is 2.17. The predicted molar refractivity (Wildman–Crippen MR) is 102 cm³/mol. The summed E-state index contributed by atoms with van der Waals surface area (Å²) >= 11 is 5.98. The van der Waals surface area contributed by atoms with Crippen molar-refractivity contribution in [1.82, 2.24) is 5.32 Å². The lowest BCUT2D eigenvalue weighted by Crippen LogP contribution is -2.31. The van der Waals surface area contributed by atoms with Crippen LogP contribution < -0.4 is 10.6 Å². The van der Waals surface area contributed by atoms with Crippen LogP contribution in [0.4, 0.5) is 5.69 Å². The number of rotatable bonds is 5. The van der Waals surface area contributed by atoms with Gasteiger partial charge in [-0.05, 0) is 50.2 Å². The molecule has 26 heavy (non-hydrogen) atoms. The number of nitrogens with one attached hydrogen (secondary N) is 2. The molecule has 138 valence electrons. The molecule has 0 fully saturated rings. The van der Waals surface area contributed by atoms with Crippen LogP contribution in [0.25, 0.3) is 0 Å². The molecular formula is C18H19ClN2O4S. The Morgan fingerprint density at radius 2 is 1.73 bits per heavy atom. The summed E-state index contributed by atoms with van der Waals surface area (Å²) < 4.78 is 23.3. The van der Waals surface area contributed by atoms with Crippen molar-refractivity contribution in [2.24, 2.45) is 0 Å². The van der Waals surface area contributed by atoms with Crippen LogP contribution in [0.1, 0.15) is 34.6 Å². The summed E-state index contributed by atoms with van der Waals surface area (Å²) in [4.78, 5) is 24.9. The average Bonchev–Trinajstić information content (AvgIpc) is 2.53. The molecule has 2 aromatic carbocycles. The number of halogens is 1. The highest BCUT2D eigenvalue weighted by molar-refractivity contribution is 7.90. The zero-order valence-corrected chi connectivity index (χ0v) is 16.1. The summed E-state index contributed by atoms with van der Waals surface area (Å²) in [5.74, 6) is -0.895. The summed E-state index contributed by atoms with van der Waals surface area (Å²) in [5, 5.41) is 5.72. The second-order valence-electron chi connectivity index (χ2n) is 6.07. The molecule has 0 aliphatic rings. The van der Waals surface area contributed by atoms with Crippen LogP contribution in [-0.2, 0) is 9.84 Å². The first-order chi connectivity index (χ1) is 12.1. The fraction of sp³-hybridized carbons (Fsp3) is 0.222. The van der Waals surface area contributed by atoms with Gasteiger partial charge in [-0.2, -0.15) is 0 Å². The molecule has 6 nitrogen and oxygen atoms in total. The molecule has 0 atom stereocenters. The van der Waals surface area contributed by atoms with Crippen molar-refractivity contribution in [3.8, 4) is 0 Å². The lowest BCUT2D eigenvalue weighted by Gasteiger charge is -2.14. The van der Waals surface area contributed by atoms with Crippen LogP contribution in [0.5, 0.6) is 0 Å². The van der Waals surface area contributed by atoms with Gasteiger partial charge in [0, 0.05) is 22.9 Å². The molecule has 0 radical (unpaired) electrons. The van der Waals surface area contributed by atoms with Gasteiger partial charge in [-0.1, -0.05) is 17.7 Å². The molecule has 0 saturated carbocycles. The van der Waals surface area contributed by atoms with Gasteiger partial charge in [0.2, 0.25) is 0 Å². The average molecular weight is 395 g/mol. The topological polar surface area (TPSA) is 92.3 Å². The molecule has 0 bridgehead atoms. The minimum absolute atomic E-state index is 0.0361. The fourth-order valence-corrected chi connectivity index (χ4v) is 3.06. The molecule has 2 amide bonds. The highest BCUT2D eigenvalue weighted by atomic mass is 35.5. The number of anilines is 1. The van der Waals surface area contributed by atoms with E-state index < -0.39 is 15.7 Å². The molecule has 0 unspecified atom stereocenters. The van der Waals surface area contributed by atoms with Gasteiger partial charge in [0.25, 0.3) is 11.8 Å². The van der Waals surface area contributed by atoms with Crippen LogP contribution in [0.15, 0.2) is 47.4 Å². The molecule has 0 heterocycles. The first kappa shape index (κ1) is 19.9. The Bertz CT molecular complexity index is 955. The Morgan fingerprint density at radius 1 is 1.04 bits per heavy atom. The zero-order chi connectivity index (χ0) is 19.5. The SMILES string of the molecule is CC(C)NC(=O)c1ccc(Cl)cc1NC(=O)c1cccc(S(C)(=O)=O)c1. The smallest absolute Gasteiger partial charge is 0.255 e. The number of carbonyl (C=O) groups excluding carboxylic acids is 2. The molecule has 8 heteroatoms. The third kappa shape index (κ3) is 5.06. The van der Waals surface area contributed by atoms with E-state index in [9.17, 15) is 18.0 Å². The van der Waals surface area contributed by atoms with E-state index in [1.54, 1.807) is 6.07 Å². The van der Waals surface area contributed by atoms with E-state index in [-0.39, 0.29) is 33.7 Å². The van der Waals surface area contributed by atoms with Gasteiger partial charge < -0.3 is 10.6 Å². The summed E-state index contributed by atoms with van der Waals surface area (Å²) in [7, 11) is -3.44. The van der Waals surface area contributed by atoms with Crippen LogP contribution in [0, 0.1) is 0 Å². The van der Waals surface area contributed by atoms with Crippen LogP contribution in [0.2, 0.25) is 5.02 Å². The molecule has 0 spiro atoms. The third-order valence-corrected chi connectivity index (χ3v) is 4.76. The second-order valence-corrected chi connectivity index (χ2v) is 8.52. The zero-order valence-electron chi connectivity index (χ0n) is 14.5. The maximum Gasteiger partial charge on any atom is 0.255 e. The van der Waals surface area contributed by atoms with Crippen molar-refractivity contribution in [3.63, 3.8) is 0 Å². The maximum atomic E-state index is 12.5. The van der Waals surface area contributed by atoms with E-state index in [4.69, 9.17) is 11.6 Å². The number of benzene rings is 2. The predicted octanol–water partition coefficient (Wildman–Crippen LogP) is 3.13. The van der Waals surface area contributed by atoms with Gasteiger partial charge in [-0.3, -0.25) is 9.59 Å². The molecule has 0 aliphatic carbocycles. The first-order valence-electron chi connectivity index (χ1n) is 7.80. The van der Waals surface area contributed by atoms with Gasteiger partial charge >= 0.3 is 0 Å². The number of carbonyl (C=O) groups is 2. The molecule has 2 N–H and O–H groups in total. The third-order valence-electron chi connectivity index (χ3n) is 3.42. The quantitative estimate of drug-likeness (QED) is 0.814. The normalized spacial score (nSPS) is 11.3. The molecule has 2 aromatic rings. The van der Waals surface area contributed by atoms with E-state index in [0.29, 0.717) is 5.02 Å². The van der Waals surface area contributed by atoms with Crippen molar-refractivity contribution < 1.29 is 18.0 Å². The minimum Gasteiger partial charge on any atom is -0.350 e. The fourth-order valence-electron chi connectivity index (χ4n) is 2.22.